The monoisotopic (exact) mass is 263 g/mol. The van der Waals surface area contributed by atoms with E-state index in [0.29, 0.717) is 0 Å². The van der Waals surface area contributed by atoms with Gasteiger partial charge in [-0.15, -0.1) is 0 Å². The molecule has 0 amide bonds. The molecule has 0 aromatic rings. The van der Waals surface area contributed by atoms with E-state index in [1.165, 1.54) is 19.3 Å². The Morgan fingerprint density at radius 1 is 1.41 bits per heavy atom. The van der Waals surface area contributed by atoms with Crippen LogP contribution in [0, 0.1) is 23.2 Å². The molecule has 0 heterocycles. The fourth-order valence-corrected chi connectivity index (χ4v) is 3.64. The molecule has 3 N–H and O–H groups in total. The number of hydrogen-bond donors (Lipinski definition) is 2. The molecule has 0 aromatic carbocycles. The van der Waals surface area contributed by atoms with Crippen molar-refractivity contribution in [3.8, 4) is 0 Å². The van der Waals surface area contributed by atoms with Gasteiger partial charge in [0.15, 0.2) is 0 Å². The van der Waals surface area contributed by atoms with E-state index < -0.39 is 15.5 Å². The van der Waals surface area contributed by atoms with Gasteiger partial charge in [-0.1, -0.05) is 34.1 Å². The largest absolute Gasteiger partial charge is 0.313 e. The molecule has 0 aromatic heterocycles. The van der Waals surface area contributed by atoms with Crippen LogP contribution in [-0.4, -0.2) is 18.3 Å². The summed E-state index contributed by atoms with van der Waals surface area (Å²) in [6, 6.07) is 0. The zero-order valence-electron chi connectivity index (χ0n) is 11.2. The third kappa shape index (κ3) is 3.20. The van der Waals surface area contributed by atoms with Crippen molar-refractivity contribution in [2.75, 3.05) is 0 Å². The zero-order chi connectivity index (χ0) is 13.4. The van der Waals surface area contributed by atoms with Crippen LogP contribution in [0.5, 0.6) is 0 Å². The first kappa shape index (κ1) is 14.9. The Morgan fingerprint density at radius 2 is 1.94 bits per heavy atom. The summed E-state index contributed by atoms with van der Waals surface area (Å²) < 4.78 is 28.7. The average molecular weight is 263 g/mol. The van der Waals surface area contributed by atoms with E-state index in [-0.39, 0.29) is 5.92 Å². The van der Waals surface area contributed by atoms with Gasteiger partial charge in [-0.2, -0.15) is 8.42 Å². The molecule has 4 unspecified atom stereocenters. The van der Waals surface area contributed by atoms with E-state index in [1.54, 1.807) is 13.8 Å². The first-order valence-corrected chi connectivity index (χ1v) is 7.83. The molecule has 0 aliphatic heterocycles. The lowest BCUT2D eigenvalue weighted by molar-refractivity contribution is 0.444. The molecule has 2 fully saturated rings. The lowest BCUT2D eigenvalue weighted by Gasteiger charge is -2.10. The van der Waals surface area contributed by atoms with E-state index in [2.05, 4.69) is 13.8 Å². The smallest absolute Gasteiger partial charge is 0.281 e. The quantitative estimate of drug-likeness (QED) is 0.749. The van der Waals surface area contributed by atoms with Gasteiger partial charge >= 0.3 is 0 Å². The van der Waals surface area contributed by atoms with Crippen molar-refractivity contribution in [3.05, 3.63) is 0 Å². The number of hydrogen-bond acceptors (Lipinski definition) is 3. The molecule has 0 spiro atoms. The van der Waals surface area contributed by atoms with E-state index in [4.69, 9.17) is 10.3 Å². The second-order valence-corrected chi connectivity index (χ2v) is 7.59. The summed E-state index contributed by atoms with van der Waals surface area (Å²) in [7, 11) is -4.02. The Labute approximate surface area is 105 Å². The van der Waals surface area contributed by atoms with Crippen LogP contribution in [0.25, 0.3) is 0 Å². The van der Waals surface area contributed by atoms with E-state index in [1.807, 2.05) is 0 Å². The Kier molecular flexibility index (Phi) is 4.27. The third-order valence-electron chi connectivity index (χ3n) is 4.61. The zero-order valence-corrected chi connectivity index (χ0v) is 12.0. The highest BCUT2D eigenvalue weighted by molar-refractivity contribution is 7.86. The summed E-state index contributed by atoms with van der Waals surface area (Å²) in [6.45, 7) is 8.11. The summed E-state index contributed by atoms with van der Waals surface area (Å²) in [5.41, 5.74) is 5.88. The van der Waals surface area contributed by atoms with Crippen molar-refractivity contribution in [1.29, 1.82) is 0 Å². The van der Waals surface area contributed by atoms with Gasteiger partial charge in [0.2, 0.25) is 0 Å². The van der Waals surface area contributed by atoms with Crippen LogP contribution < -0.4 is 5.73 Å². The fraction of sp³-hybridized carbons (Fsp3) is 1.00. The number of rotatable bonds is 2. The second-order valence-electron chi connectivity index (χ2n) is 6.02. The highest BCUT2D eigenvalue weighted by Crippen LogP contribution is 2.67. The summed E-state index contributed by atoms with van der Waals surface area (Å²) in [5, 5.41) is -1.16. The summed E-state index contributed by atoms with van der Waals surface area (Å²) in [6.07, 6.45) is 4.54. The van der Waals surface area contributed by atoms with Crippen LogP contribution in [0.3, 0.4) is 0 Å². The van der Waals surface area contributed by atoms with Crippen molar-refractivity contribution in [1.82, 2.24) is 0 Å². The van der Waals surface area contributed by atoms with Crippen LogP contribution in [-0.2, 0) is 10.1 Å². The number of fused-ring (bicyclic) bond motifs is 1. The Hall–Kier alpha value is -0.130. The van der Waals surface area contributed by atoms with Gasteiger partial charge in [0.25, 0.3) is 10.1 Å². The van der Waals surface area contributed by atoms with Gasteiger partial charge < -0.3 is 5.73 Å². The van der Waals surface area contributed by atoms with Gasteiger partial charge in [0, 0.05) is 0 Å². The molecular weight excluding hydrogens is 238 g/mol. The van der Waals surface area contributed by atoms with Crippen molar-refractivity contribution >= 4 is 10.1 Å². The standard InChI is InChI=1S/C8H14.C4H11NO3S/c1-6-7-4-3-5-8(6,7)2;1-3(2)4(5)9(6,7)8/h6-7H,3-5H2,1-2H3;3-4H,5H2,1-2H3,(H,6,7,8). The molecule has 2 rings (SSSR count). The lowest BCUT2D eigenvalue weighted by atomic mass is 10.0. The normalized spacial score (nSPS) is 37.1. The van der Waals surface area contributed by atoms with Crippen molar-refractivity contribution in [2.45, 2.75) is 52.3 Å². The highest BCUT2D eigenvalue weighted by Gasteiger charge is 2.59. The van der Waals surface area contributed by atoms with Gasteiger partial charge in [-0.3, -0.25) is 4.55 Å². The van der Waals surface area contributed by atoms with Gasteiger partial charge in [0.05, 0.1) is 0 Å². The average Bonchev–Trinajstić information content (AvgIpc) is 2.60. The van der Waals surface area contributed by atoms with Crippen molar-refractivity contribution < 1.29 is 13.0 Å². The van der Waals surface area contributed by atoms with Crippen LogP contribution in [0.1, 0.15) is 47.0 Å². The molecule has 2 saturated carbocycles. The molecule has 17 heavy (non-hydrogen) atoms. The molecule has 0 bridgehead atoms. The third-order valence-corrected chi connectivity index (χ3v) is 5.85. The van der Waals surface area contributed by atoms with Crippen LogP contribution in [0.4, 0.5) is 0 Å². The predicted molar refractivity (Wildman–Crippen MR) is 69.0 cm³/mol. The minimum atomic E-state index is -4.02. The maximum absolute atomic E-state index is 10.2. The van der Waals surface area contributed by atoms with E-state index >= 15 is 0 Å². The molecule has 0 radical (unpaired) electrons. The molecule has 4 nitrogen and oxygen atoms in total. The maximum Gasteiger partial charge on any atom is 0.281 e. The van der Waals surface area contributed by atoms with Crippen molar-refractivity contribution in [2.24, 2.45) is 28.9 Å². The maximum atomic E-state index is 10.2. The summed E-state index contributed by atoms with van der Waals surface area (Å²) in [4.78, 5) is 0. The summed E-state index contributed by atoms with van der Waals surface area (Å²) in [5.74, 6) is 1.94. The molecular formula is C12H25NO3S. The lowest BCUT2D eigenvalue weighted by Crippen LogP contribution is -2.34. The fourth-order valence-electron chi connectivity index (χ4n) is 2.95. The van der Waals surface area contributed by atoms with Crippen LogP contribution in [0.2, 0.25) is 0 Å². The minimum Gasteiger partial charge on any atom is -0.313 e. The van der Waals surface area contributed by atoms with Crippen LogP contribution in [0.15, 0.2) is 0 Å². The van der Waals surface area contributed by atoms with E-state index in [0.717, 1.165) is 17.3 Å². The molecule has 5 heteroatoms. The van der Waals surface area contributed by atoms with Gasteiger partial charge in [-0.05, 0) is 36.0 Å². The Balaban J connectivity index is 0.000000170. The predicted octanol–water partition coefficient (Wildman–Crippen LogP) is 2.26. The molecule has 2 aliphatic carbocycles. The van der Waals surface area contributed by atoms with Crippen LogP contribution >= 0.6 is 0 Å². The Morgan fingerprint density at radius 3 is 2.06 bits per heavy atom. The first-order chi connectivity index (χ1) is 7.60. The summed E-state index contributed by atoms with van der Waals surface area (Å²) >= 11 is 0. The minimum absolute atomic E-state index is 0.250. The molecule has 4 atom stereocenters. The molecule has 2 aliphatic rings. The second kappa shape index (κ2) is 4.86. The highest BCUT2D eigenvalue weighted by atomic mass is 32.2. The topological polar surface area (TPSA) is 80.4 Å². The van der Waals surface area contributed by atoms with Gasteiger partial charge in [-0.25, -0.2) is 0 Å². The van der Waals surface area contributed by atoms with Gasteiger partial charge in [0.1, 0.15) is 5.37 Å². The SMILES string of the molecule is CC(C)C(N)S(=O)(=O)O.CC1C2CCCC12C. The number of nitrogens with two attached hydrogens (primary N) is 1. The molecule has 102 valence electrons. The molecule has 0 saturated heterocycles. The van der Waals surface area contributed by atoms with E-state index in [9.17, 15) is 8.42 Å². The Bertz CT molecular complexity index is 366. The van der Waals surface area contributed by atoms with Crippen molar-refractivity contribution in [3.63, 3.8) is 0 Å². The first-order valence-electron chi connectivity index (χ1n) is 6.32.